The van der Waals surface area contributed by atoms with Crippen LogP contribution in [0.3, 0.4) is 0 Å². The molecule has 2 fully saturated rings. The van der Waals surface area contributed by atoms with E-state index in [0.717, 1.165) is 56.7 Å². The zero-order valence-corrected chi connectivity index (χ0v) is 37.4. The predicted octanol–water partition coefficient (Wildman–Crippen LogP) is 9.50. The Morgan fingerprint density at radius 3 is 2.04 bits per heavy atom. The lowest BCUT2D eigenvalue weighted by atomic mass is 9.79. The van der Waals surface area contributed by atoms with E-state index in [0.29, 0.717) is 29.8 Å². The number of hydrogen-bond donors (Lipinski definition) is 3. The topological polar surface area (TPSA) is 108 Å². The number of nitrogens with one attached hydrogen (secondary N) is 3. The highest BCUT2D eigenvalue weighted by atomic mass is 16.2. The van der Waals surface area contributed by atoms with Gasteiger partial charge in [0, 0.05) is 43.4 Å². The maximum Gasteiger partial charge on any atom is 0.287 e. The summed E-state index contributed by atoms with van der Waals surface area (Å²) in [5, 5.41) is 9.01. The summed E-state index contributed by atoms with van der Waals surface area (Å²) in [6.07, 6.45) is 13.1. The highest BCUT2D eigenvalue weighted by Crippen LogP contribution is 2.65. The average Bonchev–Trinajstić information content (AvgIpc) is 3.43. The van der Waals surface area contributed by atoms with Crippen LogP contribution in [0.15, 0.2) is 60.5 Å². The van der Waals surface area contributed by atoms with E-state index in [1.54, 1.807) is 13.8 Å². The number of amides is 2. The van der Waals surface area contributed by atoms with Gasteiger partial charge in [-0.05, 0) is 112 Å². The largest absolute Gasteiger partial charge is 0.387 e. The summed E-state index contributed by atoms with van der Waals surface area (Å²) < 4.78 is 0. The Kier molecular flexibility index (Phi) is 20.2. The first kappa shape index (κ1) is 49.6. The monoisotopic (exact) mass is 765 g/mol. The van der Waals surface area contributed by atoms with Crippen molar-refractivity contribution >= 4 is 23.4 Å². The Bertz CT molecular complexity index is 1410. The minimum Gasteiger partial charge on any atom is -0.387 e. The summed E-state index contributed by atoms with van der Waals surface area (Å²) in [7, 11) is 0. The summed E-state index contributed by atoms with van der Waals surface area (Å²) in [4.78, 5) is 49.1. The number of ketones is 2. The number of fused-ring (bicyclic) bond motifs is 1. The molecule has 3 rings (SSSR count). The van der Waals surface area contributed by atoms with Crippen LogP contribution in [0.4, 0.5) is 0 Å². The maximum atomic E-state index is 12.5. The van der Waals surface area contributed by atoms with E-state index in [1.165, 1.54) is 23.3 Å². The smallest absolute Gasteiger partial charge is 0.287 e. The number of hydrogen-bond acceptors (Lipinski definition) is 6. The van der Waals surface area contributed by atoms with Gasteiger partial charge in [0.2, 0.25) is 11.7 Å². The number of piperidine rings is 1. The van der Waals surface area contributed by atoms with Crippen LogP contribution in [0.25, 0.3) is 0 Å². The van der Waals surface area contributed by atoms with Crippen LogP contribution in [0, 0.1) is 40.4 Å². The highest BCUT2D eigenvalue weighted by Gasteiger charge is 2.68. The second kappa shape index (κ2) is 22.4. The van der Waals surface area contributed by atoms with Crippen LogP contribution >= 0.6 is 0 Å². The standard InChI is InChI=1S/C24H34N2O2.C13H27N.C10H19NO2/c1-8-10-18-12-19(11-17(18)9-2)22(25-16(5)28)14(3)26-13-20-21(24(20,6)7)23(26)15(4)27;1-10(2)14-12(4)9-8-11(3)13(5,6)7;1-4-6-7-8(3)9(12)10(13)11-5-2/h8-10,19-23H,2-3,11-13H2,1,4-7H3,(H,25,28);10-11,14H,4,8-9H2,1-3,5-7H3;8H,4-7H2,1-3H3,(H,11,13)/b10-8-;;/t19?,20-,21-,22?,23?;;/m0../s1. The van der Waals surface area contributed by atoms with Crippen LogP contribution < -0.4 is 16.0 Å². The molecule has 0 bridgehead atoms. The lowest BCUT2D eigenvalue weighted by Crippen LogP contribution is -2.49. The normalized spacial score (nSPS) is 22.6. The predicted molar refractivity (Wildman–Crippen MR) is 231 cm³/mol. The third kappa shape index (κ3) is 14.9. The number of carbonyl (C=O) groups excluding carboxylic acids is 4. The van der Waals surface area contributed by atoms with Crippen molar-refractivity contribution in [1.82, 2.24) is 20.9 Å². The molecule has 1 heterocycles. The first-order valence-corrected chi connectivity index (χ1v) is 21.0. The zero-order valence-electron chi connectivity index (χ0n) is 37.4. The summed E-state index contributed by atoms with van der Waals surface area (Å²) in [5.74, 6) is 1.18. The van der Waals surface area contributed by atoms with Crippen molar-refractivity contribution in [2.24, 2.45) is 40.4 Å². The van der Waals surface area contributed by atoms with Crippen LogP contribution in [-0.2, 0) is 19.2 Å². The lowest BCUT2D eigenvalue weighted by molar-refractivity contribution is -0.140. The van der Waals surface area contributed by atoms with E-state index in [1.807, 2.05) is 32.9 Å². The van der Waals surface area contributed by atoms with Crippen LogP contribution in [0.1, 0.15) is 142 Å². The number of unbranched alkanes of at least 4 members (excludes halogenated alkanes) is 1. The van der Waals surface area contributed by atoms with Crippen LogP contribution in [0.5, 0.6) is 0 Å². The molecule has 0 aromatic rings. The van der Waals surface area contributed by atoms with E-state index in [4.69, 9.17) is 0 Å². The summed E-state index contributed by atoms with van der Waals surface area (Å²) in [5.41, 5.74) is 5.21. The van der Waals surface area contributed by atoms with Gasteiger partial charge in [0.05, 0.1) is 12.1 Å². The Hall–Kier alpha value is -3.42. The van der Waals surface area contributed by atoms with Gasteiger partial charge in [-0.2, -0.15) is 0 Å². The summed E-state index contributed by atoms with van der Waals surface area (Å²) in [6.45, 7) is 42.7. The minimum absolute atomic E-state index is 0.0603. The second-order valence-electron chi connectivity index (χ2n) is 18.2. The van der Waals surface area contributed by atoms with E-state index >= 15 is 0 Å². The molecule has 55 heavy (non-hydrogen) atoms. The van der Waals surface area contributed by atoms with Gasteiger partial charge in [-0.3, -0.25) is 19.2 Å². The molecule has 0 radical (unpaired) electrons. The van der Waals surface area contributed by atoms with Crippen LogP contribution in [0.2, 0.25) is 0 Å². The van der Waals surface area contributed by atoms with Gasteiger partial charge in [0.1, 0.15) is 0 Å². The summed E-state index contributed by atoms with van der Waals surface area (Å²) >= 11 is 0. The van der Waals surface area contributed by atoms with Crippen LogP contribution in [-0.4, -0.2) is 59.5 Å². The molecule has 5 unspecified atom stereocenters. The van der Waals surface area contributed by atoms with Gasteiger partial charge < -0.3 is 20.9 Å². The molecule has 1 saturated carbocycles. The quantitative estimate of drug-likeness (QED) is 0.120. The Labute approximate surface area is 336 Å². The van der Waals surface area contributed by atoms with Gasteiger partial charge in [0.25, 0.3) is 5.91 Å². The fraction of sp³-hybridized carbons (Fsp3) is 0.702. The maximum absolute atomic E-state index is 12.5. The molecule has 0 spiro atoms. The van der Waals surface area contributed by atoms with Crippen molar-refractivity contribution in [2.75, 3.05) is 13.1 Å². The number of rotatable bonds is 18. The SMILES string of the molecule is C=C(CCC(C)C(C)(C)C)NC(C)C.C=CC1=C(/C=C\C)CC(C(NC(C)=O)C(=C)N2C[C@H]3[C@@H](C2C(C)=O)C3(C)C)C1.CCCCC(C)C(=O)C(=O)NCC. The van der Waals surface area contributed by atoms with Gasteiger partial charge in [0.15, 0.2) is 5.78 Å². The number of likely N-dealkylation sites (N-methyl/N-ethyl adjacent to an activating group) is 1. The zero-order chi connectivity index (χ0) is 42.4. The molecule has 8 nitrogen and oxygen atoms in total. The Morgan fingerprint density at radius 2 is 1.56 bits per heavy atom. The van der Waals surface area contributed by atoms with Crippen molar-refractivity contribution in [3.63, 3.8) is 0 Å². The van der Waals surface area contributed by atoms with Crippen molar-refractivity contribution in [1.29, 1.82) is 0 Å². The third-order valence-electron chi connectivity index (χ3n) is 12.0. The average molecular weight is 765 g/mol. The number of allylic oxidation sites excluding steroid dienone is 6. The fourth-order valence-corrected chi connectivity index (χ4v) is 8.06. The first-order chi connectivity index (χ1) is 25.5. The van der Waals surface area contributed by atoms with Gasteiger partial charge >= 0.3 is 0 Å². The molecule has 3 aliphatic rings. The highest BCUT2D eigenvalue weighted by molar-refractivity contribution is 6.36. The number of Topliss-reactive ketones (excluding diaryl/α,β-unsaturated/α-hetero) is 2. The molecule has 2 aliphatic carbocycles. The molecule has 0 aromatic heterocycles. The molecule has 8 heteroatoms. The third-order valence-corrected chi connectivity index (χ3v) is 12.0. The van der Waals surface area contributed by atoms with Gasteiger partial charge in [-0.1, -0.05) is 106 Å². The Morgan fingerprint density at radius 1 is 0.964 bits per heavy atom. The Balaban J connectivity index is 0.000000471. The molecule has 1 aliphatic heterocycles. The molecular weight excluding hydrogens is 685 g/mol. The van der Waals surface area contributed by atoms with E-state index in [9.17, 15) is 19.2 Å². The molecule has 0 aromatic carbocycles. The molecule has 3 N–H and O–H groups in total. The molecule has 2 amide bonds. The minimum atomic E-state index is -0.439. The second-order valence-corrected chi connectivity index (χ2v) is 18.2. The van der Waals surface area contributed by atoms with Gasteiger partial charge in [-0.25, -0.2) is 0 Å². The van der Waals surface area contributed by atoms with E-state index in [-0.39, 0.29) is 46.8 Å². The lowest BCUT2D eigenvalue weighted by Gasteiger charge is -2.38. The molecule has 7 atom stereocenters. The van der Waals surface area contributed by atoms with Gasteiger partial charge in [-0.15, -0.1) is 0 Å². The van der Waals surface area contributed by atoms with Crippen molar-refractivity contribution in [3.8, 4) is 0 Å². The van der Waals surface area contributed by atoms with Crippen molar-refractivity contribution in [2.45, 2.75) is 160 Å². The van der Waals surface area contributed by atoms with E-state index in [2.05, 4.69) is 109 Å². The van der Waals surface area contributed by atoms with Crippen molar-refractivity contribution < 1.29 is 19.2 Å². The molecule has 1 saturated heterocycles. The number of carbonyl (C=O) groups is 4. The number of likely N-dealkylation sites (tertiary alicyclic amines) is 1. The van der Waals surface area contributed by atoms with E-state index < -0.39 is 5.91 Å². The summed E-state index contributed by atoms with van der Waals surface area (Å²) in [6, 6.07) is 0.220. The number of nitrogens with zero attached hydrogens (tertiary/aromatic N) is 1. The fourth-order valence-electron chi connectivity index (χ4n) is 8.06. The molecular formula is C47H80N4O4. The first-order valence-electron chi connectivity index (χ1n) is 21.0. The van der Waals surface area contributed by atoms with Crippen molar-refractivity contribution in [3.05, 3.63) is 60.5 Å². The molecule has 312 valence electrons.